The van der Waals surface area contributed by atoms with Crippen LogP contribution in [0, 0.1) is 10.8 Å². The molecule has 3 atom stereocenters. The van der Waals surface area contributed by atoms with E-state index in [0.717, 1.165) is 44.2 Å². The number of piperidine rings is 2. The lowest BCUT2D eigenvalue weighted by Gasteiger charge is -2.56. The number of aromatic nitrogens is 2. The molecule has 126 valence electrons. The smallest absolute Gasteiger partial charge is 0.132 e. The Bertz CT molecular complexity index is 568. The molecule has 23 heavy (non-hydrogen) atoms. The van der Waals surface area contributed by atoms with Crippen molar-refractivity contribution >= 4 is 5.82 Å². The van der Waals surface area contributed by atoms with Crippen LogP contribution in [0.25, 0.3) is 0 Å². The number of nitrogens with zero attached hydrogens (tertiary/aromatic N) is 4. The summed E-state index contributed by atoms with van der Waals surface area (Å²) in [6, 6.07) is 2.21. The summed E-state index contributed by atoms with van der Waals surface area (Å²) in [7, 11) is 2.26. The Morgan fingerprint density at radius 1 is 1.13 bits per heavy atom. The minimum Gasteiger partial charge on any atom is -0.381 e. The summed E-state index contributed by atoms with van der Waals surface area (Å²) in [5.74, 6) is 1.54. The summed E-state index contributed by atoms with van der Waals surface area (Å²) < 4.78 is 5.52. The van der Waals surface area contributed by atoms with Crippen LogP contribution in [0.2, 0.25) is 0 Å². The van der Waals surface area contributed by atoms with E-state index in [1.54, 1.807) is 6.33 Å². The van der Waals surface area contributed by atoms with Gasteiger partial charge in [-0.05, 0) is 30.7 Å². The quantitative estimate of drug-likeness (QED) is 0.836. The molecule has 1 aromatic rings. The molecule has 0 aliphatic carbocycles. The fourth-order valence-electron chi connectivity index (χ4n) is 5.38. The van der Waals surface area contributed by atoms with Gasteiger partial charge in [-0.25, -0.2) is 9.97 Å². The molecule has 5 heteroatoms. The summed E-state index contributed by atoms with van der Waals surface area (Å²) in [6.45, 7) is 11.0. The van der Waals surface area contributed by atoms with Crippen LogP contribution in [-0.4, -0.2) is 61.3 Å². The minimum absolute atomic E-state index is 0.349. The third-order valence-electron chi connectivity index (χ3n) is 5.65. The van der Waals surface area contributed by atoms with Crippen molar-refractivity contribution in [3.63, 3.8) is 0 Å². The molecule has 2 bridgehead atoms. The fourth-order valence-corrected chi connectivity index (χ4v) is 5.38. The van der Waals surface area contributed by atoms with E-state index < -0.39 is 0 Å². The predicted octanol–water partition coefficient (Wildman–Crippen LogP) is 2.15. The lowest BCUT2D eigenvalue weighted by Crippen LogP contribution is -2.61. The number of likely N-dealkylation sites (tertiary alicyclic amines) is 1. The molecule has 0 saturated carbocycles. The molecule has 3 saturated heterocycles. The maximum Gasteiger partial charge on any atom is 0.132 e. The number of hydrogen-bond acceptors (Lipinski definition) is 5. The molecule has 4 rings (SSSR count). The largest absolute Gasteiger partial charge is 0.381 e. The van der Waals surface area contributed by atoms with E-state index >= 15 is 0 Å². The number of hydrogen-bond donors (Lipinski definition) is 0. The molecular weight excluding hydrogens is 288 g/mol. The molecule has 5 nitrogen and oxygen atoms in total. The van der Waals surface area contributed by atoms with Crippen LogP contribution in [0.1, 0.15) is 38.3 Å². The van der Waals surface area contributed by atoms with Crippen LogP contribution in [0.15, 0.2) is 12.4 Å². The van der Waals surface area contributed by atoms with Gasteiger partial charge in [-0.15, -0.1) is 0 Å². The molecule has 0 aromatic carbocycles. The molecule has 3 aliphatic heterocycles. The third-order valence-corrected chi connectivity index (χ3v) is 5.65. The minimum atomic E-state index is 0.349. The second-order valence-electron chi connectivity index (χ2n) is 8.69. The van der Waals surface area contributed by atoms with Crippen LogP contribution >= 0.6 is 0 Å². The Morgan fingerprint density at radius 2 is 1.87 bits per heavy atom. The first kappa shape index (κ1) is 15.3. The van der Waals surface area contributed by atoms with Crippen molar-refractivity contribution in [2.45, 2.75) is 32.6 Å². The fraction of sp³-hybridized carbons (Fsp3) is 0.778. The second kappa shape index (κ2) is 5.42. The average Bonchev–Trinajstić information content (AvgIpc) is 2.98. The number of ether oxygens (including phenoxy) is 1. The molecule has 3 fully saturated rings. The maximum atomic E-state index is 5.52. The highest BCUT2D eigenvalue weighted by Gasteiger charge is 2.47. The Hall–Kier alpha value is -1.20. The van der Waals surface area contributed by atoms with Crippen LogP contribution in [0.4, 0.5) is 5.82 Å². The SMILES string of the molecule is CN1C[C@@]2(C)CN(c3cc([C@@H]4CCOC4)ncn3)C[C@@](C)(C1)C2. The zero-order valence-corrected chi connectivity index (χ0v) is 14.6. The van der Waals surface area contributed by atoms with Gasteiger partial charge in [0.05, 0.1) is 12.3 Å². The van der Waals surface area contributed by atoms with E-state index in [-0.39, 0.29) is 0 Å². The zero-order chi connectivity index (χ0) is 16.1. The molecule has 1 aromatic heterocycles. The highest BCUT2D eigenvalue weighted by atomic mass is 16.5. The molecule has 0 amide bonds. The van der Waals surface area contributed by atoms with E-state index in [0.29, 0.717) is 16.7 Å². The van der Waals surface area contributed by atoms with Gasteiger partial charge in [0.25, 0.3) is 0 Å². The molecule has 0 N–H and O–H groups in total. The van der Waals surface area contributed by atoms with Gasteiger partial charge in [0.2, 0.25) is 0 Å². The average molecular weight is 316 g/mol. The van der Waals surface area contributed by atoms with Crippen molar-refractivity contribution in [3.8, 4) is 0 Å². The third kappa shape index (κ3) is 2.96. The van der Waals surface area contributed by atoms with Crippen LogP contribution in [0.3, 0.4) is 0 Å². The van der Waals surface area contributed by atoms with Crippen molar-refractivity contribution in [3.05, 3.63) is 18.1 Å². The van der Waals surface area contributed by atoms with Crippen molar-refractivity contribution in [1.29, 1.82) is 0 Å². The van der Waals surface area contributed by atoms with Gasteiger partial charge >= 0.3 is 0 Å². The highest BCUT2D eigenvalue weighted by Crippen LogP contribution is 2.45. The van der Waals surface area contributed by atoms with Crippen LogP contribution in [-0.2, 0) is 4.74 Å². The van der Waals surface area contributed by atoms with E-state index in [1.807, 2.05) is 0 Å². The topological polar surface area (TPSA) is 41.5 Å². The monoisotopic (exact) mass is 316 g/mol. The Labute approximate surface area is 139 Å². The summed E-state index contributed by atoms with van der Waals surface area (Å²) in [5.41, 5.74) is 1.85. The van der Waals surface area contributed by atoms with Crippen molar-refractivity contribution < 1.29 is 4.74 Å². The van der Waals surface area contributed by atoms with E-state index in [9.17, 15) is 0 Å². The second-order valence-corrected chi connectivity index (χ2v) is 8.69. The van der Waals surface area contributed by atoms with Gasteiger partial charge < -0.3 is 14.5 Å². The summed E-state index contributed by atoms with van der Waals surface area (Å²) in [6.07, 6.45) is 4.14. The highest BCUT2D eigenvalue weighted by molar-refractivity contribution is 5.42. The molecular formula is C18H28N4O. The van der Waals surface area contributed by atoms with Crippen molar-refractivity contribution in [1.82, 2.24) is 14.9 Å². The number of anilines is 1. The first-order chi connectivity index (χ1) is 10.9. The summed E-state index contributed by atoms with van der Waals surface area (Å²) in [4.78, 5) is 14.1. The predicted molar refractivity (Wildman–Crippen MR) is 90.8 cm³/mol. The lowest BCUT2D eigenvalue weighted by molar-refractivity contribution is 0.00505. The van der Waals surface area contributed by atoms with Gasteiger partial charge in [0, 0.05) is 44.8 Å². The first-order valence-electron chi connectivity index (χ1n) is 8.78. The molecule has 0 unspecified atom stereocenters. The molecule has 0 spiro atoms. The molecule has 4 heterocycles. The molecule has 0 radical (unpaired) electrons. The Balaban J connectivity index is 1.60. The maximum absolute atomic E-state index is 5.52. The van der Waals surface area contributed by atoms with E-state index in [2.05, 4.69) is 46.7 Å². The normalized spacial score (nSPS) is 38.0. The Morgan fingerprint density at radius 3 is 2.52 bits per heavy atom. The number of rotatable bonds is 2. The van der Waals surface area contributed by atoms with Crippen LogP contribution in [0.5, 0.6) is 0 Å². The number of fused-ring (bicyclic) bond motifs is 2. The van der Waals surface area contributed by atoms with E-state index in [4.69, 9.17) is 4.74 Å². The van der Waals surface area contributed by atoms with Crippen molar-refractivity contribution in [2.24, 2.45) is 10.8 Å². The van der Waals surface area contributed by atoms with Gasteiger partial charge in [-0.1, -0.05) is 13.8 Å². The first-order valence-corrected chi connectivity index (χ1v) is 8.78. The lowest BCUT2D eigenvalue weighted by atomic mass is 9.65. The summed E-state index contributed by atoms with van der Waals surface area (Å²) in [5, 5.41) is 0. The molecule has 3 aliphatic rings. The van der Waals surface area contributed by atoms with Crippen LogP contribution < -0.4 is 4.90 Å². The van der Waals surface area contributed by atoms with Gasteiger partial charge in [-0.2, -0.15) is 0 Å². The zero-order valence-electron chi connectivity index (χ0n) is 14.6. The van der Waals surface area contributed by atoms with Gasteiger partial charge in [0.15, 0.2) is 0 Å². The van der Waals surface area contributed by atoms with Crippen molar-refractivity contribution in [2.75, 3.05) is 51.3 Å². The van der Waals surface area contributed by atoms with Gasteiger partial charge in [0.1, 0.15) is 12.1 Å². The summed E-state index contributed by atoms with van der Waals surface area (Å²) >= 11 is 0. The van der Waals surface area contributed by atoms with Gasteiger partial charge in [-0.3, -0.25) is 0 Å². The Kier molecular flexibility index (Phi) is 3.61. The standard InChI is InChI=1S/C18H28N4O/c1-17-8-18(2,10-21(3)9-17)12-22(11-17)16-6-15(19-13-20-16)14-4-5-23-7-14/h6,13-14H,4-5,7-12H2,1-3H3/t14-,17-,18+/m1/s1. The van der Waals surface area contributed by atoms with E-state index in [1.165, 1.54) is 19.5 Å².